The third kappa shape index (κ3) is 3.94. The zero-order chi connectivity index (χ0) is 16.8. The molecule has 1 amide bonds. The molecule has 1 heterocycles. The number of nitriles is 1. The minimum absolute atomic E-state index is 0.104. The number of carbonyl (C=O) groups excluding carboxylic acids is 1. The minimum Gasteiger partial charge on any atom is -0.372 e. The van der Waals surface area contributed by atoms with Gasteiger partial charge in [-0.25, -0.2) is 0 Å². The molecule has 24 heavy (non-hydrogen) atoms. The highest BCUT2D eigenvalue weighted by Crippen LogP contribution is 2.20. The fourth-order valence-corrected chi connectivity index (χ4v) is 2.97. The van der Waals surface area contributed by atoms with Gasteiger partial charge >= 0.3 is 0 Å². The van der Waals surface area contributed by atoms with E-state index >= 15 is 0 Å². The van der Waals surface area contributed by atoms with Crippen LogP contribution in [0.5, 0.6) is 0 Å². The van der Waals surface area contributed by atoms with Gasteiger partial charge in [-0.05, 0) is 61.2 Å². The van der Waals surface area contributed by atoms with Gasteiger partial charge in [-0.15, -0.1) is 0 Å². The van der Waals surface area contributed by atoms with Crippen LogP contribution in [0.2, 0.25) is 0 Å². The van der Waals surface area contributed by atoms with E-state index in [2.05, 4.69) is 34.5 Å². The quantitative estimate of drug-likeness (QED) is 0.921. The van der Waals surface area contributed by atoms with Crippen LogP contribution in [-0.4, -0.2) is 25.5 Å². The number of amides is 1. The van der Waals surface area contributed by atoms with Crippen molar-refractivity contribution in [1.82, 2.24) is 5.32 Å². The number of rotatable bonds is 5. The van der Waals surface area contributed by atoms with Crippen LogP contribution in [0.25, 0.3) is 0 Å². The van der Waals surface area contributed by atoms with Gasteiger partial charge in [-0.1, -0.05) is 12.1 Å². The second-order valence-corrected chi connectivity index (χ2v) is 6.06. The molecule has 1 fully saturated rings. The Morgan fingerprint density at radius 3 is 2.33 bits per heavy atom. The van der Waals surface area contributed by atoms with Crippen LogP contribution in [0.3, 0.4) is 0 Å². The van der Waals surface area contributed by atoms with Crippen molar-refractivity contribution in [3.63, 3.8) is 0 Å². The van der Waals surface area contributed by atoms with Crippen molar-refractivity contribution >= 4 is 11.6 Å². The molecule has 0 atom stereocenters. The first-order valence-electron chi connectivity index (χ1n) is 8.38. The molecule has 0 aliphatic carbocycles. The van der Waals surface area contributed by atoms with Crippen LogP contribution in [0.1, 0.15) is 34.3 Å². The lowest BCUT2D eigenvalue weighted by atomic mass is 10.1. The summed E-state index contributed by atoms with van der Waals surface area (Å²) in [5.74, 6) is -0.104. The molecule has 0 unspecified atom stereocenters. The number of carbonyl (C=O) groups is 1. The monoisotopic (exact) mass is 319 g/mol. The SMILES string of the molecule is N#Cc1ccc(C(=O)NCCc2ccc(N3CCCC3)cc2)cc1. The Kier molecular flexibility index (Phi) is 5.12. The standard InChI is InChI=1S/C20H21N3O/c21-15-17-3-7-18(8-4-17)20(24)22-12-11-16-5-9-19(10-6-16)23-13-1-2-14-23/h3-10H,1-2,11-14H2,(H,22,24). The lowest BCUT2D eigenvalue weighted by molar-refractivity contribution is 0.0954. The normalized spacial score (nSPS) is 13.5. The Balaban J connectivity index is 1.48. The van der Waals surface area contributed by atoms with E-state index in [-0.39, 0.29) is 5.91 Å². The predicted octanol–water partition coefficient (Wildman–Crippen LogP) is 3.13. The van der Waals surface area contributed by atoms with E-state index < -0.39 is 0 Å². The highest BCUT2D eigenvalue weighted by Gasteiger charge is 2.11. The van der Waals surface area contributed by atoms with Crippen LogP contribution >= 0.6 is 0 Å². The highest BCUT2D eigenvalue weighted by molar-refractivity contribution is 5.94. The fourth-order valence-electron chi connectivity index (χ4n) is 2.97. The van der Waals surface area contributed by atoms with E-state index in [1.165, 1.54) is 24.1 Å². The molecule has 0 bridgehead atoms. The molecule has 1 aliphatic rings. The molecule has 1 N–H and O–H groups in total. The average molecular weight is 319 g/mol. The Morgan fingerprint density at radius 1 is 1.04 bits per heavy atom. The molecule has 2 aromatic carbocycles. The topological polar surface area (TPSA) is 56.1 Å². The summed E-state index contributed by atoms with van der Waals surface area (Å²) in [6, 6.07) is 17.3. The lowest BCUT2D eigenvalue weighted by Crippen LogP contribution is -2.25. The van der Waals surface area contributed by atoms with Crippen molar-refractivity contribution in [2.45, 2.75) is 19.3 Å². The van der Waals surface area contributed by atoms with Gasteiger partial charge in [-0.2, -0.15) is 5.26 Å². The summed E-state index contributed by atoms with van der Waals surface area (Å²) >= 11 is 0. The van der Waals surface area contributed by atoms with E-state index in [1.54, 1.807) is 24.3 Å². The molecule has 1 aliphatic heterocycles. The summed E-state index contributed by atoms with van der Waals surface area (Å²) in [6.45, 7) is 2.90. The van der Waals surface area contributed by atoms with Crippen molar-refractivity contribution in [2.24, 2.45) is 0 Å². The highest BCUT2D eigenvalue weighted by atomic mass is 16.1. The molecule has 0 spiro atoms. The zero-order valence-electron chi connectivity index (χ0n) is 13.7. The first-order valence-corrected chi connectivity index (χ1v) is 8.38. The van der Waals surface area contributed by atoms with Crippen LogP contribution in [0, 0.1) is 11.3 Å². The summed E-state index contributed by atoms with van der Waals surface area (Å²) in [4.78, 5) is 14.5. The largest absolute Gasteiger partial charge is 0.372 e. The van der Waals surface area contributed by atoms with Crippen LogP contribution in [0.4, 0.5) is 5.69 Å². The van der Waals surface area contributed by atoms with Gasteiger partial charge in [0.15, 0.2) is 0 Å². The Morgan fingerprint density at radius 2 is 1.71 bits per heavy atom. The molecule has 0 saturated carbocycles. The van der Waals surface area contributed by atoms with Crippen LogP contribution in [0.15, 0.2) is 48.5 Å². The van der Waals surface area contributed by atoms with Crippen molar-refractivity contribution in [3.05, 3.63) is 65.2 Å². The van der Waals surface area contributed by atoms with Crippen molar-refractivity contribution in [2.75, 3.05) is 24.5 Å². The number of nitrogens with zero attached hydrogens (tertiary/aromatic N) is 2. The van der Waals surface area contributed by atoms with Crippen LogP contribution in [-0.2, 0) is 6.42 Å². The van der Waals surface area contributed by atoms with E-state index in [4.69, 9.17) is 5.26 Å². The summed E-state index contributed by atoms with van der Waals surface area (Å²) in [5.41, 5.74) is 3.65. The Hall–Kier alpha value is -2.80. The molecule has 3 rings (SSSR count). The van der Waals surface area contributed by atoms with E-state index in [9.17, 15) is 4.79 Å². The number of benzene rings is 2. The first kappa shape index (κ1) is 16.1. The molecular formula is C20H21N3O. The molecule has 4 heteroatoms. The third-order valence-electron chi connectivity index (χ3n) is 4.38. The van der Waals surface area contributed by atoms with Crippen LogP contribution < -0.4 is 10.2 Å². The summed E-state index contributed by atoms with van der Waals surface area (Å²) in [5, 5.41) is 11.7. The average Bonchev–Trinajstić information content (AvgIpc) is 3.17. The zero-order valence-corrected chi connectivity index (χ0v) is 13.7. The number of hydrogen-bond donors (Lipinski definition) is 1. The molecule has 2 aromatic rings. The molecule has 122 valence electrons. The van der Waals surface area contributed by atoms with E-state index in [0.717, 1.165) is 19.5 Å². The molecule has 0 radical (unpaired) electrons. The second-order valence-electron chi connectivity index (χ2n) is 6.06. The van der Waals surface area contributed by atoms with E-state index in [1.807, 2.05) is 6.07 Å². The number of nitrogens with one attached hydrogen (secondary N) is 1. The lowest BCUT2D eigenvalue weighted by Gasteiger charge is -2.17. The summed E-state index contributed by atoms with van der Waals surface area (Å²) in [7, 11) is 0. The molecule has 0 aromatic heterocycles. The predicted molar refractivity (Wildman–Crippen MR) is 95.1 cm³/mol. The minimum atomic E-state index is -0.104. The van der Waals surface area contributed by atoms with Crippen molar-refractivity contribution in [3.8, 4) is 6.07 Å². The summed E-state index contributed by atoms with van der Waals surface area (Å²) in [6.07, 6.45) is 3.37. The molecule has 1 saturated heterocycles. The smallest absolute Gasteiger partial charge is 0.251 e. The molecule has 4 nitrogen and oxygen atoms in total. The maximum Gasteiger partial charge on any atom is 0.251 e. The van der Waals surface area contributed by atoms with Gasteiger partial charge < -0.3 is 10.2 Å². The third-order valence-corrected chi connectivity index (χ3v) is 4.38. The molecular weight excluding hydrogens is 298 g/mol. The van der Waals surface area contributed by atoms with E-state index in [0.29, 0.717) is 17.7 Å². The van der Waals surface area contributed by atoms with Crippen molar-refractivity contribution in [1.29, 1.82) is 5.26 Å². The summed E-state index contributed by atoms with van der Waals surface area (Å²) < 4.78 is 0. The van der Waals surface area contributed by atoms with Crippen molar-refractivity contribution < 1.29 is 4.79 Å². The Bertz CT molecular complexity index is 723. The first-order chi connectivity index (χ1) is 11.8. The Labute approximate surface area is 142 Å². The van der Waals surface area contributed by atoms with Gasteiger partial charge in [0, 0.05) is 30.9 Å². The van der Waals surface area contributed by atoms with Gasteiger partial charge in [0.1, 0.15) is 0 Å². The number of anilines is 1. The number of hydrogen-bond acceptors (Lipinski definition) is 3. The van der Waals surface area contributed by atoms with Gasteiger partial charge in [0.25, 0.3) is 5.91 Å². The maximum atomic E-state index is 12.1. The fraction of sp³-hybridized carbons (Fsp3) is 0.300. The van der Waals surface area contributed by atoms with Gasteiger partial charge in [0.2, 0.25) is 0 Å². The van der Waals surface area contributed by atoms with Gasteiger partial charge in [-0.3, -0.25) is 4.79 Å². The maximum absolute atomic E-state index is 12.1. The second kappa shape index (κ2) is 7.65. The van der Waals surface area contributed by atoms with Gasteiger partial charge in [0.05, 0.1) is 11.6 Å².